The number of aliphatic hydroxyl groups is 4. The van der Waals surface area contributed by atoms with E-state index in [2.05, 4.69) is 0 Å². The molecule has 1 aromatic heterocycles. The number of phenols is 3. The number of hydrogen-bond donors (Lipinski definition) is 7. The van der Waals surface area contributed by atoms with Crippen molar-refractivity contribution in [2.24, 2.45) is 0 Å². The van der Waals surface area contributed by atoms with Gasteiger partial charge in [-0.25, -0.2) is 0 Å². The van der Waals surface area contributed by atoms with Gasteiger partial charge in [-0.05, 0) is 24.3 Å². The van der Waals surface area contributed by atoms with Crippen LogP contribution in [0.1, 0.15) is 0 Å². The minimum absolute atomic E-state index is 0.0159. The second-order valence-electron chi connectivity index (χ2n) is 7.28. The number of aromatic hydroxyl groups is 3. The molecule has 1 fully saturated rings. The zero-order chi connectivity index (χ0) is 23.2. The number of fused-ring (bicyclic) bond motifs is 1. The van der Waals surface area contributed by atoms with Gasteiger partial charge in [-0.2, -0.15) is 0 Å². The van der Waals surface area contributed by atoms with E-state index >= 15 is 0 Å². The molecule has 1 saturated heterocycles. The van der Waals surface area contributed by atoms with Crippen molar-refractivity contribution in [1.29, 1.82) is 0 Å². The van der Waals surface area contributed by atoms with Crippen LogP contribution < -0.4 is 10.2 Å². The van der Waals surface area contributed by atoms with E-state index in [1.807, 2.05) is 0 Å². The van der Waals surface area contributed by atoms with Gasteiger partial charge in [0.05, 0.1) is 6.61 Å². The Morgan fingerprint density at radius 3 is 2.28 bits per heavy atom. The van der Waals surface area contributed by atoms with E-state index in [0.717, 1.165) is 12.1 Å². The van der Waals surface area contributed by atoms with Crippen LogP contribution in [0.2, 0.25) is 0 Å². The molecule has 0 bridgehead atoms. The molecule has 2 aromatic carbocycles. The molecule has 1 unspecified atom stereocenters. The number of benzene rings is 2. The molecule has 0 aliphatic carbocycles. The Kier molecular flexibility index (Phi) is 5.67. The monoisotopic (exact) mass is 448 g/mol. The lowest BCUT2D eigenvalue weighted by Crippen LogP contribution is -2.60. The van der Waals surface area contributed by atoms with Crippen LogP contribution in [0.15, 0.2) is 45.6 Å². The van der Waals surface area contributed by atoms with E-state index in [4.69, 9.17) is 13.9 Å². The van der Waals surface area contributed by atoms with Crippen LogP contribution in [0, 0.1) is 0 Å². The van der Waals surface area contributed by atoms with Crippen molar-refractivity contribution in [3.05, 3.63) is 46.6 Å². The molecule has 170 valence electrons. The van der Waals surface area contributed by atoms with Crippen LogP contribution >= 0.6 is 0 Å². The van der Waals surface area contributed by atoms with Crippen molar-refractivity contribution < 1.29 is 49.6 Å². The van der Waals surface area contributed by atoms with Crippen LogP contribution in [-0.2, 0) is 4.74 Å². The Balaban J connectivity index is 1.74. The zero-order valence-corrected chi connectivity index (χ0v) is 16.3. The Bertz CT molecular complexity index is 1190. The highest BCUT2D eigenvalue weighted by Crippen LogP contribution is 2.43. The Hall–Kier alpha value is -3.35. The predicted octanol–water partition coefficient (Wildman–Crippen LogP) is -0.245. The molecule has 4 rings (SSSR count). The summed E-state index contributed by atoms with van der Waals surface area (Å²) in [5.74, 6) is -1.97. The van der Waals surface area contributed by atoms with Crippen molar-refractivity contribution in [2.45, 2.75) is 30.7 Å². The molecule has 1 aliphatic rings. The molecule has 7 N–H and O–H groups in total. The number of hydrogen-bond acceptors (Lipinski definition) is 11. The fourth-order valence-electron chi connectivity index (χ4n) is 3.44. The predicted molar refractivity (Wildman–Crippen MR) is 107 cm³/mol. The lowest BCUT2D eigenvalue weighted by Gasteiger charge is -2.39. The van der Waals surface area contributed by atoms with Gasteiger partial charge in [0, 0.05) is 17.7 Å². The number of phenolic OH excluding ortho intramolecular Hbond substituents is 3. The highest BCUT2D eigenvalue weighted by molar-refractivity contribution is 5.89. The van der Waals surface area contributed by atoms with E-state index < -0.39 is 60.0 Å². The second kappa shape index (κ2) is 8.30. The Labute approximate surface area is 179 Å². The fraction of sp³-hybridized carbons (Fsp3) is 0.286. The summed E-state index contributed by atoms with van der Waals surface area (Å²) in [7, 11) is 0. The first-order chi connectivity index (χ1) is 15.2. The van der Waals surface area contributed by atoms with Crippen LogP contribution in [0.4, 0.5) is 0 Å². The largest absolute Gasteiger partial charge is 0.508 e. The first-order valence-electron chi connectivity index (χ1n) is 9.50. The molecular weight excluding hydrogens is 428 g/mol. The quantitative estimate of drug-likeness (QED) is 0.279. The van der Waals surface area contributed by atoms with Gasteiger partial charge in [-0.3, -0.25) is 4.79 Å². The lowest BCUT2D eigenvalue weighted by molar-refractivity contribution is -0.277. The van der Waals surface area contributed by atoms with Crippen LogP contribution in [0.3, 0.4) is 0 Å². The normalized spacial score (nSPS) is 25.7. The molecule has 11 heteroatoms. The maximum Gasteiger partial charge on any atom is 0.229 e. The average molecular weight is 448 g/mol. The van der Waals surface area contributed by atoms with Gasteiger partial charge in [0.1, 0.15) is 46.9 Å². The smallest absolute Gasteiger partial charge is 0.229 e. The standard InChI is InChI=1S/C21H20O11/c22-7-14-16(26)18(28)19(29)21(31-14)32-20-11(25)6-13-15(17(20)27)10(24)5-12(30-13)8-1-3-9(23)4-2-8/h1-6,14,16,18-19,21-23,25-29H,7H2/t14-,16-,18+,19-,21?/m1/s1. The Morgan fingerprint density at radius 2 is 1.62 bits per heavy atom. The van der Waals surface area contributed by atoms with Gasteiger partial charge in [-0.15, -0.1) is 0 Å². The topological polar surface area (TPSA) is 190 Å². The minimum atomic E-state index is -1.80. The minimum Gasteiger partial charge on any atom is -0.508 e. The molecule has 32 heavy (non-hydrogen) atoms. The molecule has 0 amide bonds. The van der Waals surface area contributed by atoms with Gasteiger partial charge in [0.2, 0.25) is 12.0 Å². The molecule has 1 aliphatic heterocycles. The average Bonchev–Trinajstić information content (AvgIpc) is 2.76. The highest BCUT2D eigenvalue weighted by Gasteiger charge is 2.45. The van der Waals surface area contributed by atoms with Crippen LogP contribution in [0.25, 0.3) is 22.3 Å². The van der Waals surface area contributed by atoms with Crippen molar-refractivity contribution in [1.82, 2.24) is 0 Å². The molecule has 5 atom stereocenters. The molecule has 3 aromatic rings. The first kappa shape index (κ1) is 21.9. The van der Waals surface area contributed by atoms with Crippen molar-refractivity contribution in [3.8, 4) is 34.3 Å². The van der Waals surface area contributed by atoms with Crippen molar-refractivity contribution in [2.75, 3.05) is 6.61 Å². The first-order valence-corrected chi connectivity index (χ1v) is 9.50. The summed E-state index contributed by atoms with van der Waals surface area (Å²) in [6, 6.07) is 7.92. The van der Waals surface area contributed by atoms with Gasteiger partial charge < -0.3 is 49.6 Å². The van der Waals surface area contributed by atoms with Gasteiger partial charge >= 0.3 is 0 Å². The number of rotatable bonds is 4. The van der Waals surface area contributed by atoms with Crippen LogP contribution in [-0.4, -0.2) is 73.1 Å². The van der Waals surface area contributed by atoms with Gasteiger partial charge in [-0.1, -0.05) is 0 Å². The third kappa shape index (κ3) is 3.72. The zero-order valence-electron chi connectivity index (χ0n) is 16.3. The molecular formula is C21H20O11. The summed E-state index contributed by atoms with van der Waals surface area (Å²) in [6.07, 6.45) is -8.13. The van der Waals surface area contributed by atoms with Crippen molar-refractivity contribution >= 4 is 11.0 Å². The molecule has 2 heterocycles. The fourth-order valence-corrected chi connectivity index (χ4v) is 3.44. The van der Waals surface area contributed by atoms with E-state index in [1.165, 1.54) is 24.3 Å². The summed E-state index contributed by atoms with van der Waals surface area (Å²) in [5.41, 5.74) is -0.385. The summed E-state index contributed by atoms with van der Waals surface area (Å²) >= 11 is 0. The molecule has 11 nitrogen and oxygen atoms in total. The maximum atomic E-state index is 12.7. The van der Waals surface area contributed by atoms with E-state index in [-0.39, 0.29) is 22.5 Å². The van der Waals surface area contributed by atoms with Gasteiger partial charge in [0.25, 0.3) is 0 Å². The van der Waals surface area contributed by atoms with Crippen LogP contribution in [0.5, 0.6) is 23.0 Å². The van der Waals surface area contributed by atoms with Gasteiger partial charge in [0.15, 0.2) is 16.9 Å². The third-order valence-electron chi connectivity index (χ3n) is 5.16. The number of aliphatic hydroxyl groups excluding tert-OH is 4. The summed E-state index contributed by atoms with van der Waals surface area (Å²) < 4.78 is 16.1. The highest BCUT2D eigenvalue weighted by atomic mass is 16.7. The van der Waals surface area contributed by atoms with E-state index in [0.29, 0.717) is 5.56 Å². The molecule has 0 saturated carbocycles. The van der Waals surface area contributed by atoms with Crippen molar-refractivity contribution in [3.63, 3.8) is 0 Å². The van der Waals surface area contributed by atoms with E-state index in [1.54, 1.807) is 0 Å². The number of ether oxygens (including phenoxy) is 2. The third-order valence-corrected chi connectivity index (χ3v) is 5.16. The molecule has 0 radical (unpaired) electrons. The lowest BCUT2D eigenvalue weighted by atomic mass is 9.99. The molecule has 0 spiro atoms. The van der Waals surface area contributed by atoms with E-state index in [9.17, 15) is 40.5 Å². The maximum absolute atomic E-state index is 12.7. The Morgan fingerprint density at radius 1 is 0.938 bits per heavy atom. The summed E-state index contributed by atoms with van der Waals surface area (Å²) in [4.78, 5) is 12.7. The summed E-state index contributed by atoms with van der Waals surface area (Å²) in [6.45, 7) is -0.704. The second-order valence-corrected chi connectivity index (χ2v) is 7.28. The SMILES string of the molecule is O=c1cc(-c2ccc(O)cc2)oc2cc(O)c(OC3O[C@H](CO)[C@@H](O)[C@H](O)[C@H]3O)c(O)c12. The summed E-state index contributed by atoms with van der Waals surface area (Å²) in [5, 5.41) is 69.1.